The summed E-state index contributed by atoms with van der Waals surface area (Å²) in [7, 11) is 0. The van der Waals surface area contributed by atoms with Crippen LogP contribution in [0.3, 0.4) is 0 Å². The van der Waals surface area contributed by atoms with E-state index in [0.717, 1.165) is 13.0 Å². The number of nitrogens with zero attached hydrogens (tertiary/aromatic N) is 1. The highest BCUT2D eigenvalue weighted by atomic mass is 16.2. The van der Waals surface area contributed by atoms with E-state index in [1.165, 1.54) is 6.42 Å². The number of likely N-dealkylation sites (tertiary alicyclic amines) is 1. The first-order valence-electron chi connectivity index (χ1n) is 5.98. The molecule has 0 radical (unpaired) electrons. The van der Waals surface area contributed by atoms with Crippen molar-refractivity contribution >= 4 is 5.91 Å². The number of rotatable bonds is 3. The van der Waals surface area contributed by atoms with Gasteiger partial charge in [-0.1, -0.05) is 27.7 Å². The largest absolute Gasteiger partial charge is 0.338 e. The van der Waals surface area contributed by atoms with Crippen molar-refractivity contribution in [2.75, 3.05) is 6.54 Å². The van der Waals surface area contributed by atoms with Crippen molar-refractivity contribution in [2.24, 2.45) is 5.41 Å². The quantitative estimate of drug-likeness (QED) is 0.763. The molecule has 86 valence electrons. The zero-order valence-electron chi connectivity index (χ0n) is 10.2. The van der Waals surface area contributed by atoms with Gasteiger partial charge in [0.15, 0.2) is 0 Å². The molecule has 0 bridgehead atoms. The number of hydrogen-bond acceptors (Lipinski definition) is 2. The minimum absolute atomic E-state index is 0.0707. The van der Waals surface area contributed by atoms with Gasteiger partial charge >= 0.3 is 0 Å². The number of nitrogens with one attached hydrogen (secondary N) is 1. The van der Waals surface area contributed by atoms with Gasteiger partial charge < -0.3 is 10.2 Å². The molecular weight excluding hydrogens is 188 g/mol. The van der Waals surface area contributed by atoms with Gasteiger partial charge in [0.05, 0.1) is 6.04 Å². The molecule has 3 heteroatoms. The Morgan fingerprint density at radius 3 is 2.53 bits per heavy atom. The van der Waals surface area contributed by atoms with Crippen molar-refractivity contribution in [2.45, 2.75) is 58.7 Å². The molecule has 0 aromatic rings. The van der Waals surface area contributed by atoms with Crippen LogP contribution in [-0.2, 0) is 4.79 Å². The van der Waals surface area contributed by atoms with Crippen LogP contribution in [0.2, 0.25) is 0 Å². The van der Waals surface area contributed by atoms with Gasteiger partial charge in [0.25, 0.3) is 0 Å². The lowest BCUT2D eigenvalue weighted by Crippen LogP contribution is -2.42. The summed E-state index contributed by atoms with van der Waals surface area (Å²) in [4.78, 5) is 14.2. The maximum absolute atomic E-state index is 12.1. The van der Waals surface area contributed by atoms with E-state index in [1.54, 1.807) is 0 Å². The van der Waals surface area contributed by atoms with Crippen molar-refractivity contribution in [3.63, 3.8) is 0 Å². The normalized spacial score (nSPS) is 33.9. The third-order valence-corrected chi connectivity index (χ3v) is 3.61. The Bertz CT molecular complexity index is 273. The van der Waals surface area contributed by atoms with Crippen molar-refractivity contribution in [3.05, 3.63) is 0 Å². The first-order chi connectivity index (χ1) is 6.92. The molecule has 2 aliphatic rings. The summed E-state index contributed by atoms with van der Waals surface area (Å²) < 4.78 is 0. The first kappa shape index (κ1) is 10.9. The predicted octanol–water partition coefficient (Wildman–Crippen LogP) is 1.38. The van der Waals surface area contributed by atoms with E-state index in [-0.39, 0.29) is 6.04 Å². The Hall–Kier alpha value is -0.570. The SMILES string of the molecule is CC(C)NC1CCN(C2CC2(C)C)C1=O. The standard InChI is InChI=1S/C12H22N2O/c1-8(2)13-9-5-6-14(11(9)15)10-7-12(10,3)4/h8-10,13H,5-7H2,1-4H3. The molecule has 1 aliphatic heterocycles. The summed E-state index contributed by atoms with van der Waals surface area (Å²) in [5.41, 5.74) is 0.363. The van der Waals surface area contributed by atoms with Crippen LogP contribution < -0.4 is 5.32 Å². The van der Waals surface area contributed by atoms with Crippen LogP contribution in [0.4, 0.5) is 0 Å². The molecule has 0 aromatic heterocycles. The number of amides is 1. The lowest BCUT2D eigenvalue weighted by Gasteiger charge is -2.19. The number of hydrogen-bond donors (Lipinski definition) is 1. The van der Waals surface area contributed by atoms with Crippen LogP contribution in [0.1, 0.15) is 40.5 Å². The van der Waals surface area contributed by atoms with E-state index in [1.807, 2.05) is 0 Å². The second-order valence-electron chi connectivity index (χ2n) is 5.90. The van der Waals surface area contributed by atoms with E-state index >= 15 is 0 Å². The summed E-state index contributed by atoms with van der Waals surface area (Å²) >= 11 is 0. The molecule has 1 N–H and O–H groups in total. The molecule has 2 rings (SSSR count). The minimum Gasteiger partial charge on any atom is -0.338 e. The van der Waals surface area contributed by atoms with Gasteiger partial charge in [-0.3, -0.25) is 4.79 Å². The third-order valence-electron chi connectivity index (χ3n) is 3.61. The Morgan fingerprint density at radius 1 is 1.47 bits per heavy atom. The molecule has 1 heterocycles. The van der Waals surface area contributed by atoms with E-state index in [0.29, 0.717) is 23.4 Å². The van der Waals surface area contributed by atoms with Gasteiger partial charge in [-0.25, -0.2) is 0 Å². The fraction of sp³-hybridized carbons (Fsp3) is 0.917. The van der Waals surface area contributed by atoms with Crippen LogP contribution >= 0.6 is 0 Å². The maximum Gasteiger partial charge on any atom is 0.240 e. The zero-order valence-corrected chi connectivity index (χ0v) is 10.2. The number of carbonyl (C=O) groups excluding carboxylic acids is 1. The van der Waals surface area contributed by atoms with Gasteiger partial charge in [0, 0.05) is 18.6 Å². The summed E-state index contributed by atoms with van der Waals surface area (Å²) in [5, 5.41) is 3.34. The van der Waals surface area contributed by atoms with Crippen molar-refractivity contribution in [3.8, 4) is 0 Å². The summed E-state index contributed by atoms with van der Waals surface area (Å²) in [5.74, 6) is 0.319. The Balaban J connectivity index is 1.93. The average Bonchev–Trinajstić information content (AvgIpc) is 2.57. The van der Waals surface area contributed by atoms with Gasteiger partial charge in [-0.05, 0) is 18.3 Å². The van der Waals surface area contributed by atoms with E-state index in [9.17, 15) is 4.79 Å². The van der Waals surface area contributed by atoms with Crippen LogP contribution in [0.5, 0.6) is 0 Å². The van der Waals surface area contributed by atoms with Crippen molar-refractivity contribution < 1.29 is 4.79 Å². The highest BCUT2D eigenvalue weighted by Crippen LogP contribution is 2.49. The average molecular weight is 210 g/mol. The molecule has 0 spiro atoms. The van der Waals surface area contributed by atoms with E-state index in [2.05, 4.69) is 37.9 Å². The first-order valence-corrected chi connectivity index (χ1v) is 5.98. The van der Waals surface area contributed by atoms with Crippen molar-refractivity contribution in [1.29, 1.82) is 0 Å². The molecule has 2 atom stereocenters. The molecule has 1 saturated heterocycles. The molecular formula is C12H22N2O. The molecule has 1 saturated carbocycles. The summed E-state index contributed by atoms with van der Waals surface area (Å²) in [6, 6.07) is 0.969. The zero-order chi connectivity index (χ0) is 11.2. The van der Waals surface area contributed by atoms with Crippen LogP contribution in [0, 0.1) is 5.41 Å². The topological polar surface area (TPSA) is 32.3 Å². The maximum atomic E-state index is 12.1. The van der Waals surface area contributed by atoms with Crippen LogP contribution in [-0.4, -0.2) is 35.5 Å². The second kappa shape index (κ2) is 3.48. The van der Waals surface area contributed by atoms with Gasteiger partial charge in [0.1, 0.15) is 0 Å². The predicted molar refractivity (Wildman–Crippen MR) is 60.6 cm³/mol. The van der Waals surface area contributed by atoms with Gasteiger partial charge in [0.2, 0.25) is 5.91 Å². The smallest absolute Gasteiger partial charge is 0.240 e. The Morgan fingerprint density at radius 2 is 2.07 bits per heavy atom. The molecule has 1 amide bonds. The highest BCUT2D eigenvalue weighted by Gasteiger charge is 2.53. The Labute approximate surface area is 92.2 Å². The Kier molecular flexibility index (Phi) is 2.53. The molecule has 0 aromatic carbocycles. The molecule has 3 nitrogen and oxygen atoms in total. The molecule has 2 fully saturated rings. The fourth-order valence-corrected chi connectivity index (χ4v) is 2.54. The summed E-state index contributed by atoms with van der Waals surface area (Å²) in [6.07, 6.45) is 2.15. The third kappa shape index (κ3) is 2.03. The molecule has 1 aliphatic carbocycles. The lowest BCUT2D eigenvalue weighted by molar-refractivity contribution is -0.130. The molecule has 15 heavy (non-hydrogen) atoms. The monoisotopic (exact) mass is 210 g/mol. The number of carbonyl (C=O) groups is 1. The molecule has 2 unspecified atom stereocenters. The van der Waals surface area contributed by atoms with Crippen LogP contribution in [0.25, 0.3) is 0 Å². The highest BCUT2D eigenvalue weighted by molar-refractivity contribution is 5.84. The van der Waals surface area contributed by atoms with Crippen LogP contribution in [0.15, 0.2) is 0 Å². The van der Waals surface area contributed by atoms with Gasteiger partial charge in [-0.15, -0.1) is 0 Å². The lowest BCUT2D eigenvalue weighted by atomic mass is 10.2. The van der Waals surface area contributed by atoms with E-state index < -0.39 is 0 Å². The van der Waals surface area contributed by atoms with Crippen molar-refractivity contribution in [1.82, 2.24) is 10.2 Å². The summed E-state index contributed by atoms with van der Waals surface area (Å²) in [6.45, 7) is 9.62. The minimum atomic E-state index is 0.0707. The second-order valence-corrected chi connectivity index (χ2v) is 5.90. The fourth-order valence-electron chi connectivity index (χ4n) is 2.54. The van der Waals surface area contributed by atoms with Gasteiger partial charge in [-0.2, -0.15) is 0 Å². The van der Waals surface area contributed by atoms with E-state index in [4.69, 9.17) is 0 Å².